The van der Waals surface area contributed by atoms with Gasteiger partial charge in [-0.05, 0) is 44.0 Å². The third-order valence-electron chi connectivity index (χ3n) is 4.38. The molecule has 0 aromatic heterocycles. The fraction of sp³-hybridized carbons (Fsp3) is 0.500. The fourth-order valence-electron chi connectivity index (χ4n) is 3.17. The van der Waals surface area contributed by atoms with Crippen LogP contribution in [0, 0.1) is 16.0 Å². The zero-order valence-corrected chi connectivity index (χ0v) is 12.2. The van der Waals surface area contributed by atoms with Gasteiger partial charge >= 0.3 is 0 Å². The van der Waals surface area contributed by atoms with Gasteiger partial charge in [-0.3, -0.25) is 14.9 Å². The number of nitrogens with one attached hydrogen (secondary N) is 1. The molecule has 0 saturated carbocycles. The highest BCUT2D eigenvalue weighted by atomic mass is 35.5. The van der Waals surface area contributed by atoms with Crippen LogP contribution in [0.15, 0.2) is 18.2 Å². The molecule has 1 unspecified atom stereocenters. The van der Waals surface area contributed by atoms with Crippen LogP contribution in [-0.4, -0.2) is 41.4 Å². The van der Waals surface area contributed by atoms with Crippen molar-refractivity contribution in [3.05, 3.63) is 38.9 Å². The Labute approximate surface area is 127 Å². The van der Waals surface area contributed by atoms with E-state index in [9.17, 15) is 14.9 Å². The van der Waals surface area contributed by atoms with Gasteiger partial charge in [0.15, 0.2) is 0 Å². The first-order chi connectivity index (χ1) is 10.0. The van der Waals surface area contributed by atoms with Crippen LogP contribution in [0.5, 0.6) is 0 Å². The first-order valence-electron chi connectivity index (χ1n) is 7.02. The lowest BCUT2D eigenvalue weighted by Crippen LogP contribution is -2.57. The van der Waals surface area contributed by atoms with E-state index in [2.05, 4.69) is 10.2 Å². The Balaban J connectivity index is 1.74. The summed E-state index contributed by atoms with van der Waals surface area (Å²) in [6.07, 6.45) is 2.21. The SMILES string of the molecule is O=C(NC1CN2CCC1CC2)c1ccc(Cl)c([N+](=O)[O-])c1. The summed E-state index contributed by atoms with van der Waals surface area (Å²) in [5, 5.41) is 13.9. The number of benzene rings is 1. The summed E-state index contributed by atoms with van der Waals surface area (Å²) in [6.45, 7) is 3.07. The van der Waals surface area contributed by atoms with E-state index < -0.39 is 4.92 Å². The van der Waals surface area contributed by atoms with E-state index in [1.165, 1.54) is 18.2 Å². The number of nitro groups is 1. The van der Waals surface area contributed by atoms with Gasteiger partial charge in [0.25, 0.3) is 11.6 Å². The van der Waals surface area contributed by atoms with E-state index in [0.717, 1.165) is 32.5 Å². The number of carbonyl (C=O) groups excluding carboxylic acids is 1. The van der Waals surface area contributed by atoms with Crippen LogP contribution >= 0.6 is 11.6 Å². The lowest BCUT2D eigenvalue weighted by molar-refractivity contribution is -0.384. The molecule has 1 aromatic carbocycles. The number of nitro benzene ring substituents is 1. The zero-order chi connectivity index (χ0) is 15.0. The van der Waals surface area contributed by atoms with E-state index in [0.29, 0.717) is 5.92 Å². The van der Waals surface area contributed by atoms with Crippen molar-refractivity contribution >= 4 is 23.2 Å². The Morgan fingerprint density at radius 2 is 2.10 bits per heavy atom. The summed E-state index contributed by atoms with van der Waals surface area (Å²) in [5.41, 5.74) is 0.0424. The molecule has 3 aliphatic rings. The van der Waals surface area contributed by atoms with Crippen molar-refractivity contribution in [1.82, 2.24) is 10.2 Å². The van der Waals surface area contributed by atoms with Gasteiger partial charge in [0, 0.05) is 24.2 Å². The molecule has 1 amide bonds. The van der Waals surface area contributed by atoms with Gasteiger partial charge in [-0.1, -0.05) is 11.6 Å². The van der Waals surface area contributed by atoms with Crippen molar-refractivity contribution in [3.8, 4) is 0 Å². The number of halogens is 1. The minimum Gasteiger partial charge on any atom is -0.348 e. The largest absolute Gasteiger partial charge is 0.348 e. The molecule has 1 N–H and O–H groups in total. The van der Waals surface area contributed by atoms with Crippen LogP contribution in [0.1, 0.15) is 23.2 Å². The molecule has 21 heavy (non-hydrogen) atoms. The number of piperidine rings is 3. The van der Waals surface area contributed by atoms with E-state index in [4.69, 9.17) is 11.6 Å². The fourth-order valence-corrected chi connectivity index (χ4v) is 3.36. The monoisotopic (exact) mass is 309 g/mol. The second-order valence-corrected chi connectivity index (χ2v) is 6.05. The number of hydrogen-bond acceptors (Lipinski definition) is 4. The standard InChI is InChI=1S/C14H16ClN3O3/c15-11-2-1-10(7-13(11)18(20)21)14(19)16-12-8-17-5-3-9(12)4-6-17/h1-2,7,9,12H,3-6,8H2,(H,16,19). The molecular formula is C14H16ClN3O3. The molecule has 112 valence electrons. The number of rotatable bonds is 3. The normalized spacial score (nSPS) is 27.4. The summed E-state index contributed by atoms with van der Waals surface area (Å²) in [6, 6.07) is 4.28. The van der Waals surface area contributed by atoms with Crippen molar-refractivity contribution in [2.24, 2.45) is 5.92 Å². The van der Waals surface area contributed by atoms with Crippen LogP contribution in [0.4, 0.5) is 5.69 Å². The molecule has 6 nitrogen and oxygen atoms in total. The summed E-state index contributed by atoms with van der Waals surface area (Å²) in [4.78, 5) is 24.9. The molecule has 0 radical (unpaired) electrons. The van der Waals surface area contributed by atoms with Gasteiger partial charge in [-0.25, -0.2) is 0 Å². The second-order valence-electron chi connectivity index (χ2n) is 5.64. The average molecular weight is 310 g/mol. The maximum Gasteiger partial charge on any atom is 0.288 e. The summed E-state index contributed by atoms with van der Waals surface area (Å²) < 4.78 is 0. The molecule has 2 bridgehead atoms. The third-order valence-corrected chi connectivity index (χ3v) is 4.70. The Morgan fingerprint density at radius 3 is 2.67 bits per heavy atom. The lowest BCUT2D eigenvalue weighted by Gasteiger charge is -2.44. The number of fused-ring (bicyclic) bond motifs is 3. The molecule has 1 aromatic rings. The number of amides is 1. The molecular weight excluding hydrogens is 294 g/mol. The molecule has 0 aliphatic carbocycles. The molecule has 3 saturated heterocycles. The van der Waals surface area contributed by atoms with Crippen molar-refractivity contribution in [1.29, 1.82) is 0 Å². The van der Waals surface area contributed by atoms with Gasteiger partial charge in [-0.15, -0.1) is 0 Å². The minimum absolute atomic E-state index is 0.0411. The Hall–Kier alpha value is -1.66. The molecule has 3 fully saturated rings. The predicted molar refractivity (Wildman–Crippen MR) is 78.5 cm³/mol. The van der Waals surface area contributed by atoms with Crippen molar-refractivity contribution in [3.63, 3.8) is 0 Å². The molecule has 1 atom stereocenters. The maximum atomic E-state index is 12.3. The van der Waals surface area contributed by atoms with E-state index in [1.807, 2.05) is 0 Å². The van der Waals surface area contributed by atoms with Crippen LogP contribution in [0.3, 0.4) is 0 Å². The number of hydrogen-bond donors (Lipinski definition) is 1. The first kappa shape index (κ1) is 14.3. The van der Waals surface area contributed by atoms with Gasteiger partial charge in [0.1, 0.15) is 5.02 Å². The third kappa shape index (κ3) is 2.87. The highest BCUT2D eigenvalue weighted by Crippen LogP contribution is 2.28. The van der Waals surface area contributed by atoms with E-state index in [-0.39, 0.29) is 28.2 Å². The van der Waals surface area contributed by atoms with E-state index in [1.54, 1.807) is 0 Å². The summed E-state index contributed by atoms with van der Waals surface area (Å²) in [7, 11) is 0. The van der Waals surface area contributed by atoms with E-state index >= 15 is 0 Å². The van der Waals surface area contributed by atoms with Crippen LogP contribution < -0.4 is 5.32 Å². The molecule has 7 heteroatoms. The zero-order valence-electron chi connectivity index (χ0n) is 11.4. The van der Waals surface area contributed by atoms with Crippen molar-refractivity contribution < 1.29 is 9.72 Å². The van der Waals surface area contributed by atoms with Crippen molar-refractivity contribution in [2.45, 2.75) is 18.9 Å². The van der Waals surface area contributed by atoms with Gasteiger partial charge in [0.2, 0.25) is 0 Å². The van der Waals surface area contributed by atoms with Crippen LogP contribution in [0.25, 0.3) is 0 Å². The van der Waals surface area contributed by atoms with Gasteiger partial charge < -0.3 is 10.2 Å². The minimum atomic E-state index is -0.576. The summed E-state index contributed by atoms with van der Waals surface area (Å²) in [5.74, 6) is 0.245. The average Bonchev–Trinajstić information content (AvgIpc) is 2.48. The van der Waals surface area contributed by atoms with Crippen molar-refractivity contribution in [2.75, 3.05) is 19.6 Å². The smallest absolute Gasteiger partial charge is 0.288 e. The molecule has 0 spiro atoms. The molecule has 3 heterocycles. The first-order valence-corrected chi connectivity index (χ1v) is 7.39. The quantitative estimate of drug-likeness (QED) is 0.685. The van der Waals surface area contributed by atoms with Crippen LogP contribution in [0.2, 0.25) is 5.02 Å². The van der Waals surface area contributed by atoms with Crippen LogP contribution in [-0.2, 0) is 0 Å². The Kier molecular flexibility index (Phi) is 3.82. The second kappa shape index (κ2) is 5.61. The maximum absolute atomic E-state index is 12.3. The topological polar surface area (TPSA) is 75.5 Å². The highest BCUT2D eigenvalue weighted by Gasteiger charge is 2.35. The lowest BCUT2D eigenvalue weighted by atomic mass is 9.84. The summed E-state index contributed by atoms with van der Waals surface area (Å²) >= 11 is 5.76. The number of carbonyl (C=O) groups is 1. The predicted octanol–water partition coefficient (Wildman–Crippen LogP) is 2.07. The highest BCUT2D eigenvalue weighted by molar-refractivity contribution is 6.32. The molecule has 3 aliphatic heterocycles. The van der Waals surface area contributed by atoms with Gasteiger partial charge in [0.05, 0.1) is 4.92 Å². The Morgan fingerprint density at radius 1 is 1.38 bits per heavy atom. The Bertz CT molecular complexity index is 585. The van der Waals surface area contributed by atoms with Gasteiger partial charge in [-0.2, -0.15) is 0 Å². The number of nitrogens with zero attached hydrogens (tertiary/aromatic N) is 2. The molecule has 4 rings (SSSR count).